The van der Waals surface area contributed by atoms with E-state index in [0.29, 0.717) is 18.7 Å². The van der Waals surface area contributed by atoms with Crippen LogP contribution in [0.1, 0.15) is 19.8 Å². The van der Waals surface area contributed by atoms with E-state index in [1.807, 2.05) is 36.4 Å². The highest BCUT2D eigenvalue weighted by Gasteiger charge is 2.10. The summed E-state index contributed by atoms with van der Waals surface area (Å²) in [5, 5.41) is 2.93. The van der Waals surface area contributed by atoms with E-state index in [1.165, 1.54) is 10.3 Å². The molecule has 6 heteroatoms. The Kier molecular flexibility index (Phi) is 6.30. The maximum atomic E-state index is 12.1. The van der Waals surface area contributed by atoms with Gasteiger partial charge in [0, 0.05) is 38.3 Å². The number of hydrogen-bond acceptors (Lipinski definition) is 4. The van der Waals surface area contributed by atoms with Crippen molar-refractivity contribution in [3.63, 3.8) is 0 Å². The highest BCUT2D eigenvalue weighted by atomic mass is 16.4. The number of nitrogens with zero attached hydrogens (tertiary/aromatic N) is 2. The van der Waals surface area contributed by atoms with Gasteiger partial charge in [-0.1, -0.05) is 30.3 Å². The summed E-state index contributed by atoms with van der Waals surface area (Å²) in [6, 6.07) is 17.5. The summed E-state index contributed by atoms with van der Waals surface area (Å²) in [6.45, 7) is 4.86. The van der Waals surface area contributed by atoms with Gasteiger partial charge in [0.2, 0.25) is 5.91 Å². The van der Waals surface area contributed by atoms with Crippen molar-refractivity contribution in [2.24, 2.45) is 0 Å². The third-order valence-electron chi connectivity index (χ3n) is 4.57. The minimum absolute atomic E-state index is 0.0602. The normalized spacial score (nSPS) is 10.9. The molecule has 1 aromatic heterocycles. The van der Waals surface area contributed by atoms with Crippen molar-refractivity contribution in [1.29, 1.82) is 0 Å². The molecule has 0 aliphatic heterocycles. The maximum Gasteiger partial charge on any atom is 0.419 e. The molecule has 0 radical (unpaired) electrons. The second-order valence-electron chi connectivity index (χ2n) is 6.36. The van der Waals surface area contributed by atoms with E-state index in [9.17, 15) is 9.59 Å². The molecule has 0 bridgehead atoms. The van der Waals surface area contributed by atoms with Crippen LogP contribution in [0, 0.1) is 0 Å². The zero-order valence-corrected chi connectivity index (χ0v) is 15.6. The van der Waals surface area contributed by atoms with E-state index in [-0.39, 0.29) is 12.3 Å². The first kappa shape index (κ1) is 18.8. The van der Waals surface area contributed by atoms with Gasteiger partial charge in [-0.05, 0) is 37.6 Å². The quantitative estimate of drug-likeness (QED) is 0.591. The number of aromatic nitrogens is 1. The Balaban J connectivity index is 1.43. The molecule has 142 valence electrons. The number of carbonyl (C=O) groups excluding carboxylic acids is 1. The Bertz CT molecular complexity index is 930. The molecule has 1 N–H and O–H groups in total. The number of nitrogens with one attached hydrogen (secondary N) is 1. The molecule has 0 aliphatic carbocycles. The predicted molar refractivity (Wildman–Crippen MR) is 107 cm³/mol. The number of fused-ring (bicyclic) bond motifs is 1. The van der Waals surface area contributed by atoms with Gasteiger partial charge in [0.15, 0.2) is 5.58 Å². The molecule has 1 heterocycles. The topological polar surface area (TPSA) is 67.5 Å². The monoisotopic (exact) mass is 367 g/mol. The first-order valence-electron chi connectivity index (χ1n) is 9.34. The van der Waals surface area contributed by atoms with Gasteiger partial charge in [-0.2, -0.15) is 0 Å². The number of para-hydroxylation sites is 3. The summed E-state index contributed by atoms with van der Waals surface area (Å²) in [5.74, 6) is -0.486. The predicted octanol–water partition coefficient (Wildman–Crippen LogP) is 3.02. The third-order valence-corrected chi connectivity index (χ3v) is 4.57. The van der Waals surface area contributed by atoms with Crippen molar-refractivity contribution in [1.82, 2.24) is 9.88 Å². The Hall–Kier alpha value is -3.02. The molecule has 0 saturated heterocycles. The number of aryl methyl sites for hydroxylation is 1. The van der Waals surface area contributed by atoms with Gasteiger partial charge in [-0.25, -0.2) is 4.79 Å². The van der Waals surface area contributed by atoms with E-state index in [1.54, 1.807) is 6.07 Å². The summed E-state index contributed by atoms with van der Waals surface area (Å²) in [7, 11) is 0. The SMILES string of the molecule is CCN(CCCNC(=O)CCn1c(=O)oc2ccccc21)c1ccccc1. The highest BCUT2D eigenvalue weighted by Crippen LogP contribution is 2.13. The lowest BCUT2D eigenvalue weighted by atomic mass is 10.2. The zero-order chi connectivity index (χ0) is 19.1. The van der Waals surface area contributed by atoms with E-state index >= 15 is 0 Å². The molecule has 0 atom stereocenters. The lowest BCUT2D eigenvalue weighted by molar-refractivity contribution is -0.121. The largest absolute Gasteiger partial charge is 0.419 e. The number of amides is 1. The smallest absolute Gasteiger partial charge is 0.408 e. The number of carbonyl (C=O) groups is 1. The van der Waals surface area contributed by atoms with Gasteiger partial charge < -0.3 is 14.6 Å². The Labute approximate surface area is 158 Å². The molecular formula is C21H25N3O3. The lowest BCUT2D eigenvalue weighted by Crippen LogP contribution is -2.30. The summed E-state index contributed by atoms with van der Waals surface area (Å²) in [5.41, 5.74) is 2.46. The standard InChI is InChI=1S/C21H25N3O3/c1-2-23(17-9-4-3-5-10-17)15-8-14-22-20(25)13-16-24-18-11-6-7-12-19(18)27-21(24)26/h3-7,9-12H,2,8,13-16H2,1H3,(H,22,25). The summed E-state index contributed by atoms with van der Waals surface area (Å²) in [6.07, 6.45) is 1.11. The van der Waals surface area contributed by atoms with Crippen LogP contribution in [-0.2, 0) is 11.3 Å². The number of hydrogen-bond donors (Lipinski definition) is 1. The fourth-order valence-corrected chi connectivity index (χ4v) is 3.13. The van der Waals surface area contributed by atoms with Crippen molar-refractivity contribution in [2.75, 3.05) is 24.5 Å². The van der Waals surface area contributed by atoms with Crippen molar-refractivity contribution < 1.29 is 9.21 Å². The van der Waals surface area contributed by atoms with Crippen LogP contribution in [0.4, 0.5) is 5.69 Å². The highest BCUT2D eigenvalue weighted by molar-refractivity contribution is 5.76. The molecule has 0 saturated carbocycles. The molecule has 0 unspecified atom stereocenters. The summed E-state index contributed by atoms with van der Waals surface area (Å²) in [4.78, 5) is 26.3. The number of benzene rings is 2. The third kappa shape index (κ3) is 4.78. The lowest BCUT2D eigenvalue weighted by Gasteiger charge is -2.23. The van der Waals surface area contributed by atoms with E-state index < -0.39 is 5.76 Å². The Morgan fingerprint density at radius 2 is 1.85 bits per heavy atom. The second-order valence-corrected chi connectivity index (χ2v) is 6.36. The second kappa shape index (κ2) is 9.07. The van der Waals surface area contributed by atoms with Crippen LogP contribution in [0.15, 0.2) is 63.8 Å². The van der Waals surface area contributed by atoms with Gasteiger partial charge in [0.05, 0.1) is 5.52 Å². The molecule has 3 aromatic rings. The van der Waals surface area contributed by atoms with Crippen LogP contribution in [0.5, 0.6) is 0 Å². The van der Waals surface area contributed by atoms with Crippen LogP contribution >= 0.6 is 0 Å². The average Bonchev–Trinajstić information content (AvgIpc) is 3.02. The molecule has 0 spiro atoms. The minimum Gasteiger partial charge on any atom is -0.408 e. The average molecular weight is 367 g/mol. The van der Waals surface area contributed by atoms with Gasteiger partial charge in [-0.3, -0.25) is 9.36 Å². The molecule has 6 nitrogen and oxygen atoms in total. The molecule has 0 aliphatic rings. The molecule has 3 rings (SSSR count). The van der Waals surface area contributed by atoms with E-state index in [2.05, 4.69) is 29.3 Å². The van der Waals surface area contributed by atoms with Crippen molar-refractivity contribution in [3.05, 3.63) is 65.1 Å². The van der Waals surface area contributed by atoms with Crippen LogP contribution in [0.3, 0.4) is 0 Å². The van der Waals surface area contributed by atoms with Gasteiger partial charge in [0.1, 0.15) is 0 Å². The molecule has 1 amide bonds. The van der Waals surface area contributed by atoms with Crippen molar-refractivity contribution in [3.8, 4) is 0 Å². The maximum absolute atomic E-state index is 12.1. The van der Waals surface area contributed by atoms with Crippen LogP contribution in [-0.4, -0.2) is 30.1 Å². The van der Waals surface area contributed by atoms with Crippen LogP contribution in [0.25, 0.3) is 11.1 Å². The fraction of sp³-hybridized carbons (Fsp3) is 0.333. The summed E-state index contributed by atoms with van der Waals surface area (Å²) < 4.78 is 6.68. The Morgan fingerprint density at radius 3 is 2.63 bits per heavy atom. The number of rotatable bonds is 9. The first-order valence-corrected chi connectivity index (χ1v) is 9.34. The van der Waals surface area contributed by atoms with Gasteiger partial charge >= 0.3 is 5.76 Å². The molecular weight excluding hydrogens is 342 g/mol. The van der Waals surface area contributed by atoms with E-state index in [0.717, 1.165) is 25.0 Å². The number of oxazole rings is 1. The van der Waals surface area contributed by atoms with Crippen LogP contribution < -0.4 is 16.0 Å². The van der Waals surface area contributed by atoms with Crippen molar-refractivity contribution >= 4 is 22.7 Å². The number of anilines is 1. The Morgan fingerprint density at radius 1 is 1.11 bits per heavy atom. The molecule has 0 fully saturated rings. The zero-order valence-electron chi connectivity index (χ0n) is 15.6. The van der Waals surface area contributed by atoms with Gasteiger partial charge in [-0.15, -0.1) is 0 Å². The fourth-order valence-electron chi connectivity index (χ4n) is 3.13. The summed E-state index contributed by atoms with van der Waals surface area (Å²) >= 11 is 0. The van der Waals surface area contributed by atoms with Crippen LogP contribution in [0.2, 0.25) is 0 Å². The van der Waals surface area contributed by atoms with E-state index in [4.69, 9.17) is 4.42 Å². The molecule has 2 aromatic carbocycles. The van der Waals surface area contributed by atoms with Crippen molar-refractivity contribution in [2.45, 2.75) is 26.3 Å². The molecule has 27 heavy (non-hydrogen) atoms. The minimum atomic E-state index is -0.426. The van der Waals surface area contributed by atoms with Gasteiger partial charge in [0.25, 0.3) is 0 Å². The first-order chi connectivity index (χ1) is 13.2.